The zero-order valence-electron chi connectivity index (χ0n) is 25.2. The number of halogens is 4. The van der Waals surface area contributed by atoms with E-state index in [0.717, 1.165) is 6.54 Å². The van der Waals surface area contributed by atoms with Crippen molar-refractivity contribution in [2.45, 2.75) is 64.1 Å². The molecule has 3 N–H and O–H groups in total. The van der Waals surface area contributed by atoms with Crippen LogP contribution in [0.15, 0.2) is 42.5 Å². The van der Waals surface area contributed by atoms with E-state index in [9.17, 15) is 18.0 Å². The van der Waals surface area contributed by atoms with Crippen molar-refractivity contribution in [1.29, 1.82) is 0 Å². The summed E-state index contributed by atoms with van der Waals surface area (Å²) in [6.45, 7) is 7.14. The lowest BCUT2D eigenvalue weighted by atomic mass is 9.96. The normalized spacial score (nSPS) is 17.7. The Morgan fingerprint density at radius 2 is 1.88 bits per heavy atom. The average Bonchev–Trinajstić information content (AvgIpc) is 3.32. The van der Waals surface area contributed by atoms with Crippen molar-refractivity contribution >= 4 is 28.2 Å². The first-order valence-electron chi connectivity index (χ1n) is 14.3. The summed E-state index contributed by atoms with van der Waals surface area (Å²) in [7, 11) is 3.03. The molecule has 0 aliphatic carbocycles. The molecule has 1 amide bonds. The van der Waals surface area contributed by atoms with Crippen LogP contribution in [-0.4, -0.2) is 73.1 Å². The fourth-order valence-corrected chi connectivity index (χ4v) is 5.27. The highest BCUT2D eigenvalue weighted by Gasteiger charge is 2.34. The molecule has 0 spiro atoms. The van der Waals surface area contributed by atoms with Crippen LogP contribution in [0.4, 0.5) is 28.9 Å². The van der Waals surface area contributed by atoms with Gasteiger partial charge < -0.3 is 25.3 Å². The number of methoxy groups -OCH3 is 1. The zero-order valence-corrected chi connectivity index (χ0v) is 25.2. The van der Waals surface area contributed by atoms with E-state index in [1.54, 1.807) is 41.0 Å². The predicted octanol–water partition coefficient (Wildman–Crippen LogP) is 6.05. The second kappa shape index (κ2) is 13.2. The molecule has 1 aromatic heterocycles. The van der Waals surface area contributed by atoms with Crippen LogP contribution < -0.4 is 20.7 Å². The number of benzene rings is 2. The Bertz CT molecular complexity index is 1500. The maximum Gasteiger partial charge on any atom is 0.390 e. The number of amides is 1. The first-order valence-corrected chi connectivity index (χ1v) is 14.3. The van der Waals surface area contributed by atoms with Gasteiger partial charge in [-0.25, -0.2) is 4.39 Å². The molecule has 1 aliphatic heterocycles. The maximum atomic E-state index is 15.2. The number of carbonyl (C=O) groups is 1. The van der Waals surface area contributed by atoms with Gasteiger partial charge in [-0.15, -0.1) is 0 Å². The van der Waals surface area contributed by atoms with E-state index in [1.807, 2.05) is 6.07 Å². The van der Waals surface area contributed by atoms with Gasteiger partial charge in [0.15, 0.2) is 0 Å². The van der Waals surface area contributed by atoms with Gasteiger partial charge in [-0.1, -0.05) is 12.0 Å². The highest BCUT2D eigenvalue weighted by atomic mass is 19.4. The number of nitrogens with zero attached hydrogens (tertiary/aromatic N) is 2. The maximum absolute atomic E-state index is 15.2. The third kappa shape index (κ3) is 7.93. The van der Waals surface area contributed by atoms with Gasteiger partial charge >= 0.3 is 6.18 Å². The van der Waals surface area contributed by atoms with E-state index in [0.29, 0.717) is 52.3 Å². The van der Waals surface area contributed by atoms with Crippen LogP contribution in [0.2, 0.25) is 0 Å². The smallest absolute Gasteiger partial charge is 0.390 e. The Labute approximate surface area is 249 Å². The number of hydrogen-bond donors (Lipinski definition) is 3. The predicted molar refractivity (Wildman–Crippen MR) is 163 cm³/mol. The molecule has 11 heteroatoms. The van der Waals surface area contributed by atoms with Crippen molar-refractivity contribution in [2.75, 3.05) is 44.4 Å². The number of fused-ring (bicyclic) bond motifs is 1. The third-order valence-electron chi connectivity index (χ3n) is 7.67. The van der Waals surface area contributed by atoms with Crippen molar-refractivity contribution < 1.29 is 27.1 Å². The molecule has 0 unspecified atom stereocenters. The largest absolute Gasteiger partial charge is 0.495 e. The van der Waals surface area contributed by atoms with Gasteiger partial charge in [0.1, 0.15) is 11.9 Å². The fraction of sp³-hybridized carbons (Fsp3) is 0.469. The monoisotopic (exact) mass is 601 g/mol. The van der Waals surface area contributed by atoms with Gasteiger partial charge in [0, 0.05) is 48.9 Å². The van der Waals surface area contributed by atoms with E-state index in [1.165, 1.54) is 14.2 Å². The molecule has 43 heavy (non-hydrogen) atoms. The van der Waals surface area contributed by atoms with Crippen molar-refractivity contribution in [2.24, 2.45) is 0 Å². The molecule has 2 atom stereocenters. The molecule has 4 rings (SSSR count). The summed E-state index contributed by atoms with van der Waals surface area (Å²) in [4.78, 5) is 14.0. The van der Waals surface area contributed by atoms with E-state index < -0.39 is 24.8 Å². The third-order valence-corrected chi connectivity index (χ3v) is 7.67. The number of hydrogen-bond acceptors (Lipinski definition) is 5. The lowest BCUT2D eigenvalue weighted by Gasteiger charge is -2.42. The molecule has 7 nitrogen and oxygen atoms in total. The molecule has 1 fully saturated rings. The van der Waals surface area contributed by atoms with Crippen LogP contribution in [0.3, 0.4) is 0 Å². The van der Waals surface area contributed by atoms with Gasteiger partial charge in [-0.3, -0.25) is 9.69 Å². The Hall–Kier alpha value is -3.91. The molecule has 0 saturated carbocycles. The second-order valence-electron chi connectivity index (χ2n) is 11.6. The minimum atomic E-state index is -4.33. The summed E-state index contributed by atoms with van der Waals surface area (Å²) in [5, 5.41) is 9.72. The number of carbonyl (C=O) groups excluding carboxylic acids is 1. The van der Waals surface area contributed by atoms with Crippen LogP contribution >= 0.6 is 0 Å². The van der Waals surface area contributed by atoms with E-state index in [4.69, 9.17) is 4.74 Å². The van der Waals surface area contributed by atoms with Gasteiger partial charge in [-0.2, -0.15) is 13.2 Å². The number of alkyl halides is 4. The Balaban J connectivity index is 1.58. The number of piperidine rings is 1. The Morgan fingerprint density at radius 3 is 2.53 bits per heavy atom. The molecule has 0 bridgehead atoms. The minimum absolute atomic E-state index is 0.131. The minimum Gasteiger partial charge on any atom is -0.495 e. The van der Waals surface area contributed by atoms with Crippen LogP contribution in [0.25, 0.3) is 10.9 Å². The molecule has 232 valence electrons. The number of anilines is 2. The van der Waals surface area contributed by atoms with Crippen molar-refractivity contribution in [3.63, 3.8) is 0 Å². The van der Waals surface area contributed by atoms with Crippen LogP contribution in [0, 0.1) is 11.8 Å². The summed E-state index contributed by atoms with van der Waals surface area (Å²) in [5.41, 5.74) is 2.62. The second-order valence-corrected chi connectivity index (χ2v) is 11.6. The van der Waals surface area contributed by atoms with Gasteiger partial charge in [0.05, 0.1) is 43.0 Å². The number of ether oxygens (including phenoxy) is 1. The molecule has 0 radical (unpaired) electrons. The number of likely N-dealkylation sites (tertiary alicyclic amines) is 1. The molecule has 1 aliphatic rings. The zero-order chi connectivity index (χ0) is 31.4. The molecule has 2 heterocycles. The highest BCUT2D eigenvalue weighted by molar-refractivity contribution is 5.95. The Kier molecular flexibility index (Phi) is 9.80. The Morgan fingerprint density at radius 1 is 1.12 bits per heavy atom. The molecular weight excluding hydrogens is 562 g/mol. The number of aryl methyl sites for hydroxylation is 1. The van der Waals surface area contributed by atoms with E-state index in [2.05, 4.69) is 53.5 Å². The van der Waals surface area contributed by atoms with Crippen LogP contribution in [0.5, 0.6) is 5.75 Å². The molecule has 1 saturated heterocycles. The topological polar surface area (TPSA) is 70.6 Å². The van der Waals surface area contributed by atoms with Crippen LogP contribution in [0.1, 0.15) is 49.7 Å². The molecular formula is C32H39F4N5O2. The SMILES string of the molecule is CNC(=O)c1ccc(NCC#Cc2cc3c(N[C@@H]4CCN(C(C)(C)C)C[C@@H]4F)cccc3n2CCC(F)(F)F)c(OC)c1. The number of rotatable bonds is 8. The van der Waals surface area contributed by atoms with E-state index in [-0.39, 0.29) is 24.5 Å². The quantitative estimate of drug-likeness (QED) is 0.217. The lowest BCUT2D eigenvalue weighted by Crippen LogP contribution is -2.54. The number of aromatic nitrogens is 1. The summed E-state index contributed by atoms with van der Waals surface area (Å²) < 4.78 is 61.9. The first-order chi connectivity index (χ1) is 20.3. The van der Waals surface area contributed by atoms with Crippen molar-refractivity contribution in [3.05, 3.63) is 53.7 Å². The van der Waals surface area contributed by atoms with Crippen LogP contribution in [-0.2, 0) is 6.54 Å². The summed E-state index contributed by atoms with van der Waals surface area (Å²) in [6.07, 6.45) is -5.83. The average molecular weight is 602 g/mol. The lowest BCUT2D eigenvalue weighted by molar-refractivity contribution is -0.136. The summed E-state index contributed by atoms with van der Waals surface area (Å²) in [6, 6.07) is 11.7. The van der Waals surface area contributed by atoms with Gasteiger partial charge in [0.25, 0.3) is 5.91 Å². The first kappa shape index (κ1) is 32.0. The van der Waals surface area contributed by atoms with E-state index >= 15 is 4.39 Å². The van der Waals surface area contributed by atoms with Gasteiger partial charge in [-0.05, 0) is 69.5 Å². The highest BCUT2D eigenvalue weighted by Crippen LogP contribution is 2.32. The molecule has 3 aromatic rings. The number of nitrogens with one attached hydrogen (secondary N) is 3. The standard InChI is InChI=1S/C32H39F4N5O2/c1-31(2,3)40-16-13-26(24(33)20-40)39-25-9-6-10-28-23(25)19-22(41(28)17-14-32(34,35)36)8-7-15-38-27-12-11-21(30(42)37-4)18-29(27)43-5/h6,9-12,18-19,24,26,38-39H,13-17,20H2,1-5H3,(H,37,42)/t24-,26+/m0/s1. The fourth-order valence-electron chi connectivity index (χ4n) is 5.27. The molecule has 2 aromatic carbocycles. The van der Waals surface area contributed by atoms with Crippen molar-refractivity contribution in [3.8, 4) is 17.6 Å². The summed E-state index contributed by atoms with van der Waals surface area (Å²) in [5.74, 6) is 6.22. The van der Waals surface area contributed by atoms with Gasteiger partial charge in [0.2, 0.25) is 0 Å². The van der Waals surface area contributed by atoms with Crippen molar-refractivity contribution in [1.82, 2.24) is 14.8 Å². The summed E-state index contributed by atoms with van der Waals surface area (Å²) >= 11 is 0.